The molecule has 0 spiro atoms. The molecule has 110 valence electrons. The normalized spacial score (nSPS) is 19.5. The Morgan fingerprint density at radius 3 is 2.58 bits per heavy atom. The summed E-state index contributed by atoms with van der Waals surface area (Å²) in [5.74, 6) is 0.317. The molecule has 19 heavy (non-hydrogen) atoms. The molecule has 0 aromatic carbocycles. The number of amides is 2. The SMILES string of the molecule is CSCC(C)CNC(=O)NC1(C(=O)O)CCOCC1. The second-order valence-electron chi connectivity index (χ2n) is 4.90. The van der Waals surface area contributed by atoms with Gasteiger partial charge in [0.15, 0.2) is 0 Å². The summed E-state index contributed by atoms with van der Waals surface area (Å²) in [5.41, 5.74) is -1.19. The predicted molar refractivity (Wildman–Crippen MR) is 74.5 cm³/mol. The van der Waals surface area contributed by atoms with Crippen LogP contribution in [0.2, 0.25) is 0 Å². The molecular formula is C12H22N2O4S. The van der Waals surface area contributed by atoms with Crippen LogP contribution in [0.3, 0.4) is 0 Å². The molecule has 7 heteroatoms. The number of carbonyl (C=O) groups excluding carboxylic acids is 1. The van der Waals surface area contributed by atoms with E-state index in [1.165, 1.54) is 0 Å². The Hall–Kier alpha value is -0.950. The van der Waals surface area contributed by atoms with Gasteiger partial charge in [0.25, 0.3) is 0 Å². The van der Waals surface area contributed by atoms with Crippen molar-refractivity contribution in [3.8, 4) is 0 Å². The van der Waals surface area contributed by atoms with Gasteiger partial charge in [0.2, 0.25) is 0 Å². The van der Waals surface area contributed by atoms with Gasteiger partial charge in [-0.25, -0.2) is 9.59 Å². The van der Waals surface area contributed by atoms with E-state index in [0.29, 0.717) is 38.5 Å². The molecule has 1 atom stereocenters. The van der Waals surface area contributed by atoms with Gasteiger partial charge in [0.1, 0.15) is 5.54 Å². The van der Waals surface area contributed by atoms with Crippen molar-refractivity contribution >= 4 is 23.8 Å². The third-order valence-electron chi connectivity index (χ3n) is 3.17. The molecule has 3 N–H and O–H groups in total. The van der Waals surface area contributed by atoms with Crippen LogP contribution in [0.4, 0.5) is 4.79 Å². The maximum absolute atomic E-state index is 11.8. The molecule has 2 amide bonds. The zero-order valence-corrected chi connectivity index (χ0v) is 12.2. The first-order chi connectivity index (χ1) is 9.00. The summed E-state index contributed by atoms with van der Waals surface area (Å²) >= 11 is 1.72. The molecule has 0 aliphatic carbocycles. The average molecular weight is 290 g/mol. The van der Waals surface area contributed by atoms with Crippen LogP contribution in [0.5, 0.6) is 0 Å². The lowest BCUT2D eigenvalue weighted by Gasteiger charge is -2.33. The number of rotatable bonds is 6. The van der Waals surface area contributed by atoms with E-state index >= 15 is 0 Å². The van der Waals surface area contributed by atoms with Crippen LogP contribution >= 0.6 is 11.8 Å². The minimum absolute atomic E-state index is 0.302. The van der Waals surface area contributed by atoms with E-state index in [9.17, 15) is 14.7 Å². The van der Waals surface area contributed by atoms with E-state index < -0.39 is 17.5 Å². The number of carbonyl (C=O) groups is 2. The molecule has 1 saturated heterocycles. The van der Waals surface area contributed by atoms with Gasteiger partial charge in [-0.3, -0.25) is 0 Å². The van der Waals surface area contributed by atoms with Crippen LogP contribution < -0.4 is 10.6 Å². The third kappa shape index (κ3) is 4.91. The van der Waals surface area contributed by atoms with E-state index in [0.717, 1.165) is 5.75 Å². The fraction of sp³-hybridized carbons (Fsp3) is 0.833. The van der Waals surface area contributed by atoms with Crippen LogP contribution in [0.15, 0.2) is 0 Å². The summed E-state index contributed by atoms with van der Waals surface area (Å²) < 4.78 is 5.15. The number of ether oxygens (including phenoxy) is 1. The third-order valence-corrected chi connectivity index (χ3v) is 4.07. The topological polar surface area (TPSA) is 87.7 Å². The van der Waals surface area contributed by atoms with Gasteiger partial charge in [0, 0.05) is 32.6 Å². The summed E-state index contributed by atoms with van der Waals surface area (Å²) in [4.78, 5) is 23.1. The number of carboxylic acids is 1. The average Bonchev–Trinajstić information content (AvgIpc) is 2.38. The molecule has 0 radical (unpaired) electrons. The van der Waals surface area contributed by atoms with Crippen molar-refractivity contribution in [1.82, 2.24) is 10.6 Å². The van der Waals surface area contributed by atoms with Crippen molar-refractivity contribution < 1.29 is 19.4 Å². The van der Waals surface area contributed by atoms with E-state index in [1.54, 1.807) is 11.8 Å². The lowest BCUT2D eigenvalue weighted by molar-refractivity contribution is -0.148. The summed E-state index contributed by atoms with van der Waals surface area (Å²) in [5, 5.41) is 14.6. The molecule has 1 rings (SSSR count). The molecule has 1 aliphatic rings. The number of hydrogen-bond donors (Lipinski definition) is 3. The summed E-state index contributed by atoms with van der Waals surface area (Å²) in [7, 11) is 0. The van der Waals surface area contributed by atoms with Crippen molar-refractivity contribution in [2.45, 2.75) is 25.3 Å². The zero-order chi connectivity index (χ0) is 14.3. The first-order valence-corrected chi connectivity index (χ1v) is 7.75. The second-order valence-corrected chi connectivity index (χ2v) is 5.81. The molecular weight excluding hydrogens is 268 g/mol. The highest BCUT2D eigenvalue weighted by molar-refractivity contribution is 7.98. The summed E-state index contributed by atoms with van der Waals surface area (Å²) in [6, 6.07) is -0.419. The summed E-state index contributed by atoms with van der Waals surface area (Å²) in [6.07, 6.45) is 2.62. The van der Waals surface area contributed by atoms with E-state index in [-0.39, 0.29) is 0 Å². The first kappa shape index (κ1) is 16.1. The molecule has 6 nitrogen and oxygen atoms in total. The Labute approximate surface area is 117 Å². The number of thioether (sulfide) groups is 1. The van der Waals surface area contributed by atoms with Crippen LogP contribution in [0.25, 0.3) is 0 Å². The number of hydrogen-bond acceptors (Lipinski definition) is 4. The summed E-state index contributed by atoms with van der Waals surface area (Å²) in [6.45, 7) is 3.29. The van der Waals surface area contributed by atoms with Gasteiger partial charge in [-0.2, -0.15) is 11.8 Å². The zero-order valence-electron chi connectivity index (χ0n) is 11.4. The maximum atomic E-state index is 11.8. The van der Waals surface area contributed by atoms with Crippen LogP contribution in [-0.4, -0.2) is 54.4 Å². The van der Waals surface area contributed by atoms with Crippen molar-refractivity contribution in [2.24, 2.45) is 5.92 Å². The molecule has 1 heterocycles. The minimum atomic E-state index is -1.19. The van der Waals surface area contributed by atoms with Crippen LogP contribution in [-0.2, 0) is 9.53 Å². The number of aliphatic carboxylic acids is 1. The molecule has 1 fully saturated rings. The van der Waals surface area contributed by atoms with Crippen molar-refractivity contribution in [3.63, 3.8) is 0 Å². The van der Waals surface area contributed by atoms with Crippen molar-refractivity contribution in [2.75, 3.05) is 31.8 Å². The number of carboxylic acid groups (broad SMARTS) is 1. The Morgan fingerprint density at radius 1 is 1.42 bits per heavy atom. The highest BCUT2D eigenvalue weighted by Gasteiger charge is 2.41. The largest absolute Gasteiger partial charge is 0.480 e. The Bertz CT molecular complexity index is 319. The first-order valence-electron chi connectivity index (χ1n) is 6.36. The van der Waals surface area contributed by atoms with Gasteiger partial charge >= 0.3 is 12.0 Å². The second kappa shape index (κ2) is 7.59. The Morgan fingerprint density at radius 2 is 2.05 bits per heavy atom. The number of urea groups is 1. The van der Waals surface area contributed by atoms with E-state index in [1.807, 2.05) is 13.2 Å². The van der Waals surface area contributed by atoms with E-state index in [4.69, 9.17) is 4.74 Å². The Kier molecular flexibility index (Phi) is 6.44. The minimum Gasteiger partial charge on any atom is -0.480 e. The standard InChI is InChI=1S/C12H22N2O4S/c1-9(8-19-2)7-13-11(17)14-12(10(15)16)3-5-18-6-4-12/h9H,3-8H2,1-2H3,(H,15,16)(H2,13,14,17). The van der Waals surface area contributed by atoms with Gasteiger partial charge in [0.05, 0.1) is 0 Å². The van der Waals surface area contributed by atoms with Crippen LogP contribution in [0.1, 0.15) is 19.8 Å². The monoisotopic (exact) mass is 290 g/mol. The highest BCUT2D eigenvalue weighted by Crippen LogP contribution is 2.20. The fourth-order valence-electron chi connectivity index (χ4n) is 1.98. The smallest absolute Gasteiger partial charge is 0.329 e. The van der Waals surface area contributed by atoms with Crippen molar-refractivity contribution in [1.29, 1.82) is 0 Å². The predicted octanol–water partition coefficient (Wildman–Crippen LogP) is 0.918. The van der Waals surface area contributed by atoms with E-state index in [2.05, 4.69) is 10.6 Å². The lowest BCUT2D eigenvalue weighted by Crippen LogP contribution is -2.59. The van der Waals surface area contributed by atoms with Gasteiger partial charge in [-0.1, -0.05) is 6.92 Å². The van der Waals surface area contributed by atoms with Crippen LogP contribution in [0, 0.1) is 5.92 Å². The quantitative estimate of drug-likeness (QED) is 0.677. The van der Waals surface area contributed by atoms with Crippen molar-refractivity contribution in [3.05, 3.63) is 0 Å². The molecule has 0 aromatic heterocycles. The molecule has 0 saturated carbocycles. The number of nitrogens with one attached hydrogen (secondary N) is 2. The molecule has 0 bridgehead atoms. The van der Waals surface area contributed by atoms with Gasteiger partial charge in [-0.05, 0) is 17.9 Å². The molecule has 0 aromatic rings. The molecule has 1 aliphatic heterocycles. The van der Waals surface area contributed by atoms with Gasteiger partial charge < -0.3 is 20.5 Å². The lowest BCUT2D eigenvalue weighted by atomic mass is 9.90. The highest BCUT2D eigenvalue weighted by atomic mass is 32.2. The Balaban J connectivity index is 2.46. The maximum Gasteiger partial charge on any atom is 0.329 e. The molecule has 1 unspecified atom stereocenters. The van der Waals surface area contributed by atoms with Gasteiger partial charge in [-0.15, -0.1) is 0 Å². The fourth-order valence-corrected chi connectivity index (χ4v) is 2.67.